The first kappa shape index (κ1) is 112. The Balaban J connectivity index is 0.000000165. The van der Waals surface area contributed by atoms with Crippen LogP contribution >= 0.6 is 46.4 Å². The van der Waals surface area contributed by atoms with Crippen molar-refractivity contribution in [3.8, 4) is 16.9 Å². The molecule has 0 radical (unpaired) electrons. The molecular weight excluding hydrogens is 1910 g/mol. The lowest BCUT2D eigenvalue weighted by atomic mass is 9.88. The standard InChI is InChI=1S/C22H26F2N2O2.C21H26N2O2.C20H20Cl2N2O4.C18H22N2O2.C16H24N2O2.C14H18Cl2N2O2/c23-19-7-3-17(4-8-19)21(18-5-9-20(24)10-6-18)11-12-25-22(28)26-13-1-2-16(14-26)15-27;24-16-18-5-4-14-23(15-18)21(25)22-13-12-17-8-10-20(11-9-17)19-6-2-1-3-7-19;21-15-4-1-14(18(22)11-15)12-23-20(27)24-9-7-17(8-10-24)28-16-5-2-13(3-6-16)19(25)26;21-13-14-5-4-10-20(12-14)18(22)19-11-16-8-3-7-15-6-1-2-9-17(15)16;1-13(15-7-3-2-4-8-15)10-17-16(20)18-9-5-6-14(11-18)12-19;15-12-4-3-11(13(16)6-12)7-17-14(20)18-5-1-2-10(8-18)9-19/h3-10,16,21,27H,1-2,11-15H2,(H,25,28);1-3,6-11,18,24H,4-5,12-16H2,(H,22,25);1-6,11,17H,7-10,12H2,(H,23,27)(H,25,26);1-3,6-9,14,21H,4-5,10-13H2,(H,19,22);2-4,7-8,13-14,19H,5-6,9-12H2,1H3,(H,17,20);3-4,6,10,19H,1-2,5,7-9H2,(H,17,20)/t;;;;13-,14?;/m....1./s1. The first-order chi connectivity index (χ1) is 69.3. The Labute approximate surface area is 857 Å². The second-order valence-electron chi connectivity index (χ2n) is 37.1. The molecule has 0 bridgehead atoms. The van der Waals surface area contributed by atoms with E-state index in [2.05, 4.69) is 112 Å². The number of piperidine rings is 6. The molecule has 0 spiro atoms. The van der Waals surface area contributed by atoms with E-state index in [1.165, 1.54) is 69.4 Å². The van der Waals surface area contributed by atoms with E-state index < -0.39 is 5.97 Å². The topological polar surface area (TPSA) is 342 Å². The number of benzene rings is 10. The van der Waals surface area contributed by atoms with E-state index in [9.17, 15) is 67.9 Å². The van der Waals surface area contributed by atoms with Crippen LogP contribution in [0.15, 0.2) is 237 Å². The van der Waals surface area contributed by atoms with Crippen molar-refractivity contribution in [2.45, 2.75) is 134 Å². The molecule has 0 aromatic heterocycles. The minimum Gasteiger partial charge on any atom is -0.490 e. The van der Waals surface area contributed by atoms with E-state index in [0.717, 1.165) is 125 Å². The number of carbonyl (C=O) groups excluding carboxylic acids is 6. The molecule has 6 aliphatic heterocycles. The second kappa shape index (κ2) is 59.4. The third-order valence-corrected chi connectivity index (χ3v) is 27.8. The van der Waals surface area contributed by atoms with Gasteiger partial charge in [-0.25, -0.2) is 42.3 Å². The number of hydrogen-bond donors (Lipinski definition) is 12. The Morgan fingerprint density at radius 1 is 0.378 bits per heavy atom. The van der Waals surface area contributed by atoms with Crippen LogP contribution in [-0.2, 0) is 26.1 Å². The van der Waals surface area contributed by atoms with E-state index >= 15 is 0 Å². The zero-order valence-electron chi connectivity index (χ0n) is 81.2. The van der Waals surface area contributed by atoms with Crippen LogP contribution in [-0.4, -0.2) is 240 Å². The minimum absolute atomic E-state index is 0.00840. The van der Waals surface area contributed by atoms with Crippen molar-refractivity contribution in [3.05, 3.63) is 313 Å². The fourth-order valence-corrected chi connectivity index (χ4v) is 19.1. The molecule has 32 heteroatoms. The number of nitrogens with one attached hydrogen (secondary N) is 6. The van der Waals surface area contributed by atoms with Crippen LogP contribution in [0, 0.1) is 41.2 Å². The highest BCUT2D eigenvalue weighted by atomic mass is 35.5. The third kappa shape index (κ3) is 36.8. The molecule has 6 heterocycles. The minimum atomic E-state index is -0.967. The Hall–Kier alpha value is -11.8. The summed E-state index contributed by atoms with van der Waals surface area (Å²) in [5, 5.41) is 77.4. The number of aromatic carboxylic acids is 1. The van der Waals surface area contributed by atoms with Crippen molar-refractivity contribution in [2.24, 2.45) is 29.6 Å². The number of nitrogens with zero attached hydrogens (tertiary/aromatic N) is 6. The van der Waals surface area contributed by atoms with Crippen molar-refractivity contribution in [1.29, 1.82) is 0 Å². The Morgan fingerprint density at radius 3 is 1.20 bits per heavy atom. The molecule has 6 aliphatic rings. The van der Waals surface area contributed by atoms with Gasteiger partial charge in [-0.3, -0.25) is 0 Å². The summed E-state index contributed by atoms with van der Waals surface area (Å²) in [7, 11) is 0. The zero-order chi connectivity index (χ0) is 102. The number of rotatable bonds is 26. The van der Waals surface area contributed by atoms with Crippen LogP contribution in [0.1, 0.15) is 152 Å². The number of fused-ring (bicyclic) bond motifs is 1. The lowest BCUT2D eigenvalue weighted by Gasteiger charge is -2.32. The van der Waals surface area contributed by atoms with Gasteiger partial charge >= 0.3 is 42.2 Å². The smallest absolute Gasteiger partial charge is 0.335 e. The maximum atomic E-state index is 13.3. The van der Waals surface area contributed by atoms with E-state index in [1.807, 2.05) is 69.3 Å². The molecule has 6 atom stereocenters. The van der Waals surface area contributed by atoms with E-state index in [4.69, 9.17) is 56.2 Å². The van der Waals surface area contributed by atoms with Crippen LogP contribution in [0.2, 0.25) is 20.1 Å². The summed E-state index contributed by atoms with van der Waals surface area (Å²) in [5.41, 5.74) is 9.69. The van der Waals surface area contributed by atoms with E-state index in [1.54, 1.807) is 87.5 Å². The summed E-state index contributed by atoms with van der Waals surface area (Å²) in [6.07, 6.45) is 12.5. The fraction of sp³-hybridized carbons (Fsp3) is 0.414. The Kier molecular flexibility index (Phi) is 46.3. The SMILES string of the molecule is C[C@H](CNC(=O)N1CCCC(CO)C1)c1ccccc1.O=C(NCCC(c1ccc(F)cc1)c1ccc(F)cc1)N1CCCC(CO)C1.O=C(NCCc1ccc(-c2ccccc2)cc1)N1CCCC(CO)C1.O=C(NCc1ccc(Cl)cc1Cl)N1CCCC(CO)C1.O=C(NCc1cccc2ccccc12)N1CCCC(CO)C1.O=C(O)c1ccc(OC2CCN(C(=O)NCc3ccc(Cl)cc3Cl)CC2)cc1. The molecule has 12 amide bonds. The summed E-state index contributed by atoms with van der Waals surface area (Å²) in [6, 6.07) is 72.2. The van der Waals surface area contributed by atoms with Gasteiger partial charge in [0.2, 0.25) is 0 Å². The molecule has 5 unspecified atom stereocenters. The average molecular weight is 2040 g/mol. The first-order valence-corrected chi connectivity index (χ1v) is 51.1. The maximum Gasteiger partial charge on any atom is 0.335 e. The number of ether oxygens (including phenoxy) is 1. The quantitative estimate of drug-likeness (QED) is 0.0240. The molecule has 10 aromatic rings. The molecule has 0 aliphatic carbocycles. The number of carboxylic acid groups (broad SMARTS) is 1. The molecule has 12 N–H and O–H groups in total. The number of likely N-dealkylation sites (tertiary alicyclic amines) is 6. The predicted octanol–water partition coefficient (Wildman–Crippen LogP) is 19.5. The molecule has 16 rings (SSSR count). The van der Waals surface area contributed by atoms with Crippen LogP contribution in [0.3, 0.4) is 0 Å². The van der Waals surface area contributed by atoms with Gasteiger partial charge < -0.3 is 96.7 Å². The normalized spacial score (nSPS) is 17.6. The number of aliphatic hydroxyl groups is 5. The van der Waals surface area contributed by atoms with Gasteiger partial charge in [0.15, 0.2) is 0 Å². The van der Waals surface area contributed by atoms with Gasteiger partial charge in [-0.1, -0.05) is 217 Å². The maximum absolute atomic E-state index is 13.3. The number of halogens is 6. The fourth-order valence-electron chi connectivity index (χ4n) is 18.2. The summed E-state index contributed by atoms with van der Waals surface area (Å²) < 4.78 is 32.5. The van der Waals surface area contributed by atoms with Gasteiger partial charge in [-0.2, -0.15) is 0 Å². The van der Waals surface area contributed by atoms with Crippen LogP contribution in [0.4, 0.5) is 37.5 Å². The molecule has 766 valence electrons. The summed E-state index contributed by atoms with van der Waals surface area (Å²) in [6.45, 7) is 13.9. The lowest BCUT2D eigenvalue weighted by Crippen LogP contribution is -2.46. The number of amides is 12. The van der Waals surface area contributed by atoms with Crippen LogP contribution in [0.5, 0.6) is 5.75 Å². The van der Waals surface area contributed by atoms with Crippen molar-refractivity contribution in [2.75, 3.05) is 131 Å². The second-order valence-corrected chi connectivity index (χ2v) is 38.8. The van der Waals surface area contributed by atoms with Crippen molar-refractivity contribution >= 4 is 99.3 Å². The van der Waals surface area contributed by atoms with Crippen molar-refractivity contribution in [1.82, 2.24) is 61.3 Å². The van der Waals surface area contributed by atoms with Gasteiger partial charge in [0.1, 0.15) is 23.5 Å². The van der Waals surface area contributed by atoms with E-state index in [0.29, 0.717) is 143 Å². The zero-order valence-corrected chi connectivity index (χ0v) is 84.2. The first-order valence-electron chi connectivity index (χ1n) is 49.6. The van der Waals surface area contributed by atoms with E-state index in [-0.39, 0.29) is 128 Å². The highest BCUT2D eigenvalue weighted by Gasteiger charge is 2.31. The molecule has 6 saturated heterocycles. The molecule has 143 heavy (non-hydrogen) atoms. The number of urea groups is 6. The number of aliphatic hydroxyl groups excluding tert-OH is 5. The van der Waals surface area contributed by atoms with Gasteiger partial charge in [-0.15, -0.1) is 0 Å². The molecule has 0 saturated carbocycles. The number of hydrogen-bond acceptors (Lipinski definition) is 13. The lowest BCUT2D eigenvalue weighted by molar-refractivity contribution is 0.0696. The highest BCUT2D eigenvalue weighted by Crippen LogP contribution is 2.32. The van der Waals surface area contributed by atoms with Crippen LogP contribution < -0.4 is 36.6 Å². The molecule has 6 fully saturated rings. The predicted molar refractivity (Wildman–Crippen MR) is 559 cm³/mol. The Morgan fingerprint density at radius 2 is 0.762 bits per heavy atom. The average Bonchev–Trinajstić information content (AvgIpc) is 0.850. The van der Waals surface area contributed by atoms with Gasteiger partial charge in [0, 0.05) is 190 Å². The van der Waals surface area contributed by atoms with Crippen molar-refractivity contribution < 1.29 is 77.7 Å². The third-order valence-electron chi connectivity index (χ3n) is 26.6. The van der Waals surface area contributed by atoms with Gasteiger partial charge in [0.25, 0.3) is 0 Å². The number of carboxylic acids is 1. The summed E-state index contributed by atoms with van der Waals surface area (Å²) in [4.78, 5) is 95.1. The van der Waals surface area contributed by atoms with Gasteiger partial charge in [-0.05, 0) is 246 Å². The summed E-state index contributed by atoms with van der Waals surface area (Å²) >= 11 is 23.9. The molecule has 10 aromatic carbocycles. The number of carbonyl (C=O) groups is 7. The summed E-state index contributed by atoms with van der Waals surface area (Å²) in [5.74, 6) is 0.294. The van der Waals surface area contributed by atoms with Gasteiger partial charge in [0.05, 0.1) is 5.56 Å². The van der Waals surface area contributed by atoms with Crippen molar-refractivity contribution in [3.63, 3.8) is 0 Å². The highest BCUT2D eigenvalue weighted by molar-refractivity contribution is 6.35. The van der Waals surface area contributed by atoms with Crippen LogP contribution in [0.25, 0.3) is 21.9 Å². The molecular formula is C111H136Cl4F2N12O14. The monoisotopic (exact) mass is 2040 g/mol. The Bertz CT molecular complexity index is 5550. The molecule has 26 nitrogen and oxygen atoms in total. The largest absolute Gasteiger partial charge is 0.490 e.